The fraction of sp³-hybridized carbons (Fsp3) is 0.286. The molecular weight excluding hydrogens is 245 g/mol. The summed E-state index contributed by atoms with van der Waals surface area (Å²) in [5.41, 5.74) is 0. The number of hydrogen-bond acceptors (Lipinski definition) is 6. The van der Waals surface area contributed by atoms with Crippen molar-refractivity contribution in [3.63, 3.8) is 0 Å². The number of hydrogen-bond donors (Lipinski definition) is 1. The molecule has 0 saturated heterocycles. The number of rotatable bonds is 3. The Morgan fingerprint density at radius 2 is 2.19 bits per heavy atom. The van der Waals surface area contributed by atoms with E-state index in [4.69, 9.17) is 4.52 Å². The van der Waals surface area contributed by atoms with E-state index >= 15 is 0 Å². The Kier molecular flexibility index (Phi) is 2.77. The smallest absolute Gasteiger partial charge is 0.360 e. The van der Waals surface area contributed by atoms with Crippen molar-refractivity contribution in [1.82, 2.24) is 15.4 Å². The molecule has 0 aliphatic carbocycles. The molecule has 0 saturated carbocycles. The number of alkyl halides is 3. The molecule has 2 heterocycles. The molecule has 0 aliphatic heterocycles. The van der Waals surface area contributed by atoms with Crippen LogP contribution in [0.4, 0.5) is 18.3 Å². The van der Waals surface area contributed by atoms with Crippen LogP contribution in [0.15, 0.2) is 16.8 Å². The van der Waals surface area contributed by atoms with Gasteiger partial charge in [0.25, 0.3) is 0 Å². The molecule has 5 nitrogen and oxygen atoms in total. The third-order valence-electron chi connectivity index (χ3n) is 1.57. The molecule has 0 fully saturated rings. The zero-order chi connectivity index (χ0) is 11.6. The normalized spacial score (nSPS) is 11.7. The Balaban J connectivity index is 1.98. The fourth-order valence-electron chi connectivity index (χ4n) is 0.905. The van der Waals surface area contributed by atoms with E-state index in [0.29, 0.717) is 17.1 Å². The van der Waals surface area contributed by atoms with Crippen LogP contribution in [0.2, 0.25) is 0 Å². The van der Waals surface area contributed by atoms with Crippen LogP contribution < -0.4 is 5.32 Å². The van der Waals surface area contributed by atoms with E-state index in [1.807, 2.05) is 0 Å². The summed E-state index contributed by atoms with van der Waals surface area (Å²) >= 11 is 0.441. The van der Waals surface area contributed by atoms with E-state index in [0.717, 1.165) is 0 Å². The predicted molar refractivity (Wildman–Crippen MR) is 48.7 cm³/mol. The highest BCUT2D eigenvalue weighted by Gasteiger charge is 2.35. The summed E-state index contributed by atoms with van der Waals surface area (Å²) in [4.78, 5) is 0. The van der Waals surface area contributed by atoms with Gasteiger partial charge >= 0.3 is 6.18 Å². The maximum absolute atomic E-state index is 12.2. The molecule has 86 valence electrons. The zero-order valence-electron chi connectivity index (χ0n) is 7.65. The molecule has 9 heteroatoms. The van der Waals surface area contributed by atoms with Gasteiger partial charge in [0.05, 0.1) is 12.7 Å². The van der Waals surface area contributed by atoms with E-state index < -0.39 is 11.2 Å². The van der Waals surface area contributed by atoms with Crippen LogP contribution in [0.25, 0.3) is 0 Å². The Morgan fingerprint density at radius 3 is 2.75 bits per heavy atom. The standard InChI is InChI=1S/C7H5F3N4OS/c8-7(9,10)5-13-14-6(16-5)11-3-4-1-2-12-15-4/h1-2H,3H2,(H,11,14). The number of nitrogens with zero attached hydrogens (tertiary/aromatic N) is 3. The van der Waals surface area contributed by atoms with Crippen molar-refractivity contribution in [2.24, 2.45) is 0 Å². The second-order valence-electron chi connectivity index (χ2n) is 2.74. The largest absolute Gasteiger partial charge is 0.445 e. The molecule has 16 heavy (non-hydrogen) atoms. The summed E-state index contributed by atoms with van der Waals surface area (Å²) in [5.74, 6) is 0.503. The SMILES string of the molecule is FC(F)(F)c1nnc(NCc2ccno2)s1. The first-order valence-electron chi connectivity index (χ1n) is 4.10. The Bertz CT molecular complexity index is 452. The van der Waals surface area contributed by atoms with Crippen LogP contribution in [-0.4, -0.2) is 15.4 Å². The van der Waals surface area contributed by atoms with E-state index in [-0.39, 0.29) is 11.7 Å². The topological polar surface area (TPSA) is 63.8 Å². The van der Waals surface area contributed by atoms with Crippen LogP contribution >= 0.6 is 11.3 Å². The summed E-state index contributed by atoms with van der Waals surface area (Å²) in [6.07, 6.45) is -3.01. The minimum absolute atomic E-state index is 0.0868. The zero-order valence-corrected chi connectivity index (χ0v) is 8.47. The lowest BCUT2D eigenvalue weighted by molar-refractivity contribution is -0.138. The predicted octanol–water partition coefficient (Wildman–Crippen LogP) is 2.16. The van der Waals surface area contributed by atoms with Crippen molar-refractivity contribution in [1.29, 1.82) is 0 Å². The first-order chi connectivity index (χ1) is 7.55. The average Bonchev–Trinajstić information content (AvgIpc) is 2.85. The summed E-state index contributed by atoms with van der Waals surface area (Å²) in [6, 6.07) is 1.60. The highest BCUT2D eigenvalue weighted by atomic mass is 32.1. The Labute approximate surface area is 91.3 Å². The molecule has 0 aromatic carbocycles. The second kappa shape index (κ2) is 4.08. The van der Waals surface area contributed by atoms with E-state index in [9.17, 15) is 13.2 Å². The van der Waals surface area contributed by atoms with Crippen molar-refractivity contribution in [2.45, 2.75) is 12.7 Å². The summed E-state index contributed by atoms with van der Waals surface area (Å²) in [6.45, 7) is 0.215. The van der Waals surface area contributed by atoms with E-state index in [1.54, 1.807) is 6.07 Å². The quantitative estimate of drug-likeness (QED) is 0.904. The van der Waals surface area contributed by atoms with Crippen molar-refractivity contribution in [3.05, 3.63) is 23.0 Å². The van der Waals surface area contributed by atoms with Gasteiger partial charge in [-0.05, 0) is 0 Å². The Morgan fingerprint density at radius 1 is 1.38 bits per heavy atom. The Hall–Kier alpha value is -1.64. The van der Waals surface area contributed by atoms with Gasteiger partial charge in [-0.15, -0.1) is 10.2 Å². The molecule has 2 aromatic rings. The lowest BCUT2D eigenvalue weighted by Gasteiger charge is -1.98. The molecule has 2 rings (SSSR count). The minimum atomic E-state index is -4.45. The van der Waals surface area contributed by atoms with Crippen LogP contribution in [-0.2, 0) is 12.7 Å². The molecular formula is C7H5F3N4OS. The minimum Gasteiger partial charge on any atom is -0.360 e. The van der Waals surface area contributed by atoms with Gasteiger partial charge in [0.2, 0.25) is 10.1 Å². The summed E-state index contributed by atoms with van der Waals surface area (Å²) in [7, 11) is 0. The van der Waals surface area contributed by atoms with Crippen molar-refractivity contribution >= 4 is 16.5 Å². The maximum atomic E-state index is 12.2. The third kappa shape index (κ3) is 2.48. The third-order valence-corrected chi connectivity index (χ3v) is 2.50. The summed E-state index contributed by atoms with van der Waals surface area (Å²) in [5, 5.41) is 11.6. The monoisotopic (exact) mass is 250 g/mol. The molecule has 2 aromatic heterocycles. The van der Waals surface area contributed by atoms with Gasteiger partial charge in [-0.2, -0.15) is 13.2 Å². The van der Waals surface area contributed by atoms with Crippen molar-refractivity contribution < 1.29 is 17.7 Å². The van der Waals surface area contributed by atoms with Gasteiger partial charge < -0.3 is 9.84 Å². The lowest BCUT2D eigenvalue weighted by Crippen LogP contribution is -2.03. The molecule has 0 amide bonds. The number of aromatic nitrogens is 3. The van der Waals surface area contributed by atoms with E-state index in [1.165, 1.54) is 6.20 Å². The molecule has 0 atom stereocenters. The van der Waals surface area contributed by atoms with Gasteiger partial charge in [-0.1, -0.05) is 16.5 Å². The van der Waals surface area contributed by atoms with Gasteiger partial charge in [-0.3, -0.25) is 0 Å². The summed E-state index contributed by atoms with van der Waals surface area (Å²) < 4.78 is 41.3. The first-order valence-corrected chi connectivity index (χ1v) is 4.91. The lowest BCUT2D eigenvalue weighted by atomic mass is 10.5. The van der Waals surface area contributed by atoms with Crippen LogP contribution in [0, 0.1) is 0 Å². The van der Waals surface area contributed by atoms with Gasteiger partial charge in [0.1, 0.15) is 0 Å². The van der Waals surface area contributed by atoms with Crippen LogP contribution in [0.1, 0.15) is 10.8 Å². The highest BCUT2D eigenvalue weighted by molar-refractivity contribution is 7.15. The number of nitrogens with one attached hydrogen (secondary N) is 1. The van der Waals surface area contributed by atoms with Gasteiger partial charge in [-0.25, -0.2) is 0 Å². The van der Waals surface area contributed by atoms with Crippen LogP contribution in [0.5, 0.6) is 0 Å². The average molecular weight is 250 g/mol. The maximum Gasteiger partial charge on any atom is 0.445 e. The van der Waals surface area contributed by atoms with Crippen molar-refractivity contribution in [3.8, 4) is 0 Å². The first kappa shape index (κ1) is 10.9. The van der Waals surface area contributed by atoms with E-state index in [2.05, 4.69) is 20.7 Å². The van der Waals surface area contributed by atoms with Crippen LogP contribution in [0.3, 0.4) is 0 Å². The van der Waals surface area contributed by atoms with Crippen molar-refractivity contribution in [2.75, 3.05) is 5.32 Å². The molecule has 0 spiro atoms. The molecule has 1 N–H and O–H groups in total. The van der Waals surface area contributed by atoms with Gasteiger partial charge in [0.15, 0.2) is 5.76 Å². The second-order valence-corrected chi connectivity index (χ2v) is 3.72. The molecule has 0 aliphatic rings. The fourth-order valence-corrected chi connectivity index (χ4v) is 1.51. The molecule has 0 bridgehead atoms. The molecule has 0 radical (unpaired) electrons. The van der Waals surface area contributed by atoms with Gasteiger partial charge in [0, 0.05) is 6.07 Å². The molecule has 0 unspecified atom stereocenters. The highest BCUT2D eigenvalue weighted by Crippen LogP contribution is 2.33. The number of halogens is 3. The number of anilines is 1.